The molecule has 0 N–H and O–H groups in total. The second kappa shape index (κ2) is 4.64. The molecule has 4 heteroatoms. The van der Waals surface area contributed by atoms with Crippen LogP contribution in [-0.2, 0) is 9.53 Å². The van der Waals surface area contributed by atoms with Gasteiger partial charge in [-0.1, -0.05) is 13.8 Å². The van der Waals surface area contributed by atoms with Gasteiger partial charge < -0.3 is 9.64 Å². The summed E-state index contributed by atoms with van der Waals surface area (Å²) in [7, 11) is 0. The quantitative estimate of drug-likeness (QED) is 0.529. The van der Waals surface area contributed by atoms with E-state index in [1.807, 2.05) is 34.6 Å². The third-order valence-corrected chi connectivity index (χ3v) is 3.06. The van der Waals surface area contributed by atoms with Gasteiger partial charge in [0.15, 0.2) is 0 Å². The zero-order valence-corrected chi connectivity index (χ0v) is 11.7. The van der Waals surface area contributed by atoms with E-state index >= 15 is 0 Å². The van der Waals surface area contributed by atoms with Gasteiger partial charge in [-0.2, -0.15) is 0 Å². The molecule has 1 aliphatic rings. The van der Waals surface area contributed by atoms with Crippen molar-refractivity contribution < 1.29 is 14.3 Å². The molecule has 0 aliphatic carbocycles. The number of amides is 1. The lowest BCUT2D eigenvalue weighted by molar-refractivity contribution is -0.119. The third-order valence-electron chi connectivity index (χ3n) is 3.06. The Hall–Kier alpha value is -1.50. The molecule has 1 amide bonds. The monoisotopic (exact) mass is 251 g/mol. The number of hydrogen-bond donors (Lipinski definition) is 0. The number of carbonyl (C=O) groups excluding carboxylic acids is 2. The molecule has 1 rings (SSSR count). The maximum atomic E-state index is 11.9. The number of likely N-dealkylation sites (tertiary alicyclic amines) is 1. The second-order valence-electron chi connectivity index (χ2n) is 6.41. The summed E-state index contributed by atoms with van der Waals surface area (Å²) < 4.78 is 5.30. The molecular weight excluding hydrogens is 230 g/mol. The van der Waals surface area contributed by atoms with Gasteiger partial charge >= 0.3 is 6.09 Å². The van der Waals surface area contributed by atoms with E-state index in [9.17, 15) is 9.59 Å². The fourth-order valence-electron chi connectivity index (χ4n) is 2.14. The molecule has 0 bridgehead atoms. The van der Waals surface area contributed by atoms with Gasteiger partial charge in [0.05, 0.1) is 5.92 Å². The first-order valence-electron chi connectivity index (χ1n) is 6.05. The molecule has 1 unspecified atom stereocenters. The third kappa shape index (κ3) is 3.25. The molecule has 1 heterocycles. The highest BCUT2D eigenvalue weighted by molar-refractivity contribution is 5.98. The lowest BCUT2D eigenvalue weighted by atomic mass is 9.80. The Kier molecular flexibility index (Phi) is 3.75. The molecule has 0 saturated carbocycles. The van der Waals surface area contributed by atoms with Crippen LogP contribution in [0, 0.1) is 23.7 Å². The highest BCUT2D eigenvalue weighted by Crippen LogP contribution is 2.36. The molecule has 1 fully saturated rings. The van der Waals surface area contributed by atoms with Gasteiger partial charge in [-0.05, 0) is 32.1 Å². The van der Waals surface area contributed by atoms with Crippen molar-refractivity contribution in [1.82, 2.24) is 4.90 Å². The number of rotatable bonds is 1. The lowest BCUT2D eigenvalue weighted by Gasteiger charge is -2.25. The van der Waals surface area contributed by atoms with E-state index in [0.717, 1.165) is 0 Å². The summed E-state index contributed by atoms with van der Waals surface area (Å²) in [5, 5.41) is 0. The molecule has 4 nitrogen and oxygen atoms in total. The maximum absolute atomic E-state index is 11.9. The van der Waals surface area contributed by atoms with E-state index in [1.54, 1.807) is 4.90 Å². The van der Waals surface area contributed by atoms with Gasteiger partial charge in [0.1, 0.15) is 5.60 Å². The summed E-state index contributed by atoms with van der Waals surface area (Å²) in [5.41, 5.74) is -0.838. The number of hydrogen-bond acceptors (Lipinski definition) is 3. The summed E-state index contributed by atoms with van der Waals surface area (Å²) >= 11 is 0. The van der Waals surface area contributed by atoms with Gasteiger partial charge in [0.2, 0.25) is 5.78 Å². The van der Waals surface area contributed by atoms with Crippen LogP contribution in [0.3, 0.4) is 0 Å². The average molecular weight is 251 g/mol. The van der Waals surface area contributed by atoms with Crippen LogP contribution < -0.4 is 0 Å². The Morgan fingerprint density at radius 2 is 1.94 bits per heavy atom. The van der Waals surface area contributed by atoms with E-state index in [2.05, 4.69) is 5.92 Å². The fraction of sp³-hybridized carbons (Fsp3) is 0.714. The Labute approximate surface area is 109 Å². The smallest absolute Gasteiger partial charge is 0.410 e. The van der Waals surface area contributed by atoms with Crippen LogP contribution in [0.4, 0.5) is 4.79 Å². The summed E-state index contributed by atoms with van der Waals surface area (Å²) in [6.07, 6.45) is 4.78. The minimum atomic E-state index is -0.532. The summed E-state index contributed by atoms with van der Waals surface area (Å²) in [6.45, 7) is 10.2. The minimum absolute atomic E-state index is 0.244. The first-order chi connectivity index (χ1) is 8.07. The van der Waals surface area contributed by atoms with Gasteiger partial charge in [-0.3, -0.25) is 4.79 Å². The molecule has 0 aromatic rings. The number of ether oxygens (including phenoxy) is 1. The largest absolute Gasteiger partial charge is 0.444 e. The molecule has 1 atom stereocenters. The van der Waals surface area contributed by atoms with Crippen LogP contribution in [0.15, 0.2) is 0 Å². The highest BCUT2D eigenvalue weighted by Gasteiger charge is 2.45. The number of Topliss-reactive ketones (excluding diaryl/α,β-unsaturated/α-hetero) is 1. The van der Waals surface area contributed by atoms with Crippen LogP contribution in [0.2, 0.25) is 0 Å². The van der Waals surface area contributed by atoms with Gasteiger partial charge in [0, 0.05) is 13.1 Å². The standard InChI is InChI=1S/C14H21NO3/c1-7-11(16)10-8-15(9-14(10,5)6)12(17)18-13(2,3)4/h1,10H,8-9H2,2-6H3. The van der Waals surface area contributed by atoms with Crippen LogP contribution in [0.5, 0.6) is 0 Å². The Morgan fingerprint density at radius 3 is 2.39 bits per heavy atom. The molecule has 1 saturated heterocycles. The first kappa shape index (κ1) is 14.6. The van der Waals surface area contributed by atoms with Crippen molar-refractivity contribution in [1.29, 1.82) is 0 Å². The zero-order chi connectivity index (χ0) is 14.1. The van der Waals surface area contributed by atoms with Crippen LogP contribution in [0.25, 0.3) is 0 Å². The topological polar surface area (TPSA) is 46.6 Å². The Morgan fingerprint density at radius 1 is 1.39 bits per heavy atom. The first-order valence-corrected chi connectivity index (χ1v) is 6.05. The van der Waals surface area contributed by atoms with Crippen molar-refractivity contribution in [2.75, 3.05) is 13.1 Å². The van der Waals surface area contributed by atoms with Gasteiger partial charge in [0.25, 0.3) is 0 Å². The van der Waals surface area contributed by atoms with Crippen molar-refractivity contribution in [3.05, 3.63) is 0 Å². The summed E-state index contributed by atoms with van der Waals surface area (Å²) in [6, 6.07) is 0. The number of nitrogens with zero attached hydrogens (tertiary/aromatic N) is 1. The predicted octanol–water partition coefficient (Wildman–Crippen LogP) is 2.08. The van der Waals surface area contributed by atoms with Crippen molar-refractivity contribution in [2.45, 2.75) is 40.2 Å². The lowest BCUT2D eigenvalue weighted by Crippen LogP contribution is -2.36. The highest BCUT2D eigenvalue weighted by atomic mass is 16.6. The summed E-state index contributed by atoms with van der Waals surface area (Å²) in [5.74, 6) is 1.60. The normalized spacial score (nSPS) is 22.4. The van der Waals surface area contributed by atoms with Crippen molar-refractivity contribution in [3.63, 3.8) is 0 Å². The van der Waals surface area contributed by atoms with Crippen LogP contribution in [0.1, 0.15) is 34.6 Å². The van der Waals surface area contributed by atoms with Crippen LogP contribution >= 0.6 is 0 Å². The number of terminal acetylenes is 1. The molecule has 0 aromatic heterocycles. The molecule has 1 aliphatic heterocycles. The Bertz CT molecular complexity index is 398. The number of carbonyl (C=O) groups is 2. The molecule has 0 spiro atoms. The predicted molar refractivity (Wildman–Crippen MR) is 68.9 cm³/mol. The van der Waals surface area contributed by atoms with E-state index < -0.39 is 5.60 Å². The number of ketones is 1. The van der Waals surface area contributed by atoms with E-state index in [1.165, 1.54) is 0 Å². The minimum Gasteiger partial charge on any atom is -0.444 e. The van der Waals surface area contributed by atoms with Crippen LogP contribution in [-0.4, -0.2) is 35.5 Å². The molecule has 0 radical (unpaired) electrons. The molecular formula is C14H21NO3. The molecule has 0 aromatic carbocycles. The van der Waals surface area contributed by atoms with Gasteiger partial charge in [-0.15, -0.1) is 6.42 Å². The fourth-order valence-corrected chi connectivity index (χ4v) is 2.14. The summed E-state index contributed by atoms with van der Waals surface area (Å²) in [4.78, 5) is 25.2. The van der Waals surface area contributed by atoms with E-state index in [0.29, 0.717) is 13.1 Å². The Balaban J connectivity index is 2.78. The average Bonchev–Trinajstić information content (AvgIpc) is 2.50. The SMILES string of the molecule is C#CC(=O)C1CN(C(=O)OC(C)(C)C)CC1(C)C. The molecule has 18 heavy (non-hydrogen) atoms. The van der Waals surface area contributed by atoms with Crippen molar-refractivity contribution >= 4 is 11.9 Å². The second-order valence-corrected chi connectivity index (χ2v) is 6.41. The van der Waals surface area contributed by atoms with E-state index in [-0.39, 0.29) is 23.2 Å². The van der Waals surface area contributed by atoms with Gasteiger partial charge in [-0.25, -0.2) is 4.79 Å². The van der Waals surface area contributed by atoms with Crippen molar-refractivity contribution in [2.24, 2.45) is 11.3 Å². The van der Waals surface area contributed by atoms with E-state index in [4.69, 9.17) is 11.2 Å². The molecule has 100 valence electrons. The zero-order valence-electron chi connectivity index (χ0n) is 11.7. The van der Waals surface area contributed by atoms with Crippen molar-refractivity contribution in [3.8, 4) is 12.3 Å². The maximum Gasteiger partial charge on any atom is 0.410 e.